The number of urea groups is 1. The second-order valence-electron chi connectivity index (χ2n) is 6.28. The SMILES string of the molecule is O=C(c1ccccc1)C1CCN(C(=O)NCc2cccc(F)c2)CC1. The summed E-state index contributed by atoms with van der Waals surface area (Å²) in [5.74, 6) is -0.193. The van der Waals surface area contributed by atoms with Gasteiger partial charge in [-0.2, -0.15) is 0 Å². The normalized spacial score (nSPS) is 15.0. The van der Waals surface area contributed by atoms with Crippen LogP contribution in [-0.2, 0) is 6.54 Å². The molecule has 2 aromatic carbocycles. The summed E-state index contributed by atoms with van der Waals surface area (Å²) in [6.45, 7) is 1.40. The van der Waals surface area contributed by atoms with E-state index in [0.717, 1.165) is 11.1 Å². The highest BCUT2D eigenvalue weighted by Gasteiger charge is 2.27. The van der Waals surface area contributed by atoms with Crippen molar-refractivity contribution in [1.29, 1.82) is 0 Å². The van der Waals surface area contributed by atoms with Crippen LogP contribution in [0.2, 0.25) is 0 Å². The molecule has 0 bridgehead atoms. The number of carbonyl (C=O) groups is 2. The first-order valence-electron chi connectivity index (χ1n) is 8.50. The highest BCUT2D eigenvalue weighted by Crippen LogP contribution is 2.21. The summed E-state index contributed by atoms with van der Waals surface area (Å²) in [4.78, 5) is 26.4. The fourth-order valence-electron chi connectivity index (χ4n) is 3.12. The van der Waals surface area contributed by atoms with Crippen LogP contribution in [0.3, 0.4) is 0 Å². The Hall–Kier alpha value is -2.69. The van der Waals surface area contributed by atoms with Crippen molar-refractivity contribution in [1.82, 2.24) is 10.2 Å². The molecule has 1 aliphatic rings. The first-order chi connectivity index (χ1) is 12.1. The molecular formula is C20H21FN2O2. The van der Waals surface area contributed by atoms with Gasteiger partial charge in [-0.05, 0) is 30.5 Å². The number of nitrogens with zero attached hydrogens (tertiary/aromatic N) is 1. The summed E-state index contributed by atoms with van der Waals surface area (Å²) < 4.78 is 13.1. The summed E-state index contributed by atoms with van der Waals surface area (Å²) in [5, 5.41) is 2.81. The minimum Gasteiger partial charge on any atom is -0.334 e. The maximum Gasteiger partial charge on any atom is 0.317 e. The van der Waals surface area contributed by atoms with Crippen molar-refractivity contribution in [3.63, 3.8) is 0 Å². The number of halogens is 1. The lowest BCUT2D eigenvalue weighted by molar-refractivity contribution is 0.0854. The molecule has 4 nitrogen and oxygen atoms in total. The molecule has 0 saturated carbocycles. The van der Waals surface area contributed by atoms with E-state index < -0.39 is 0 Å². The summed E-state index contributed by atoms with van der Waals surface area (Å²) in [5.41, 5.74) is 1.46. The van der Waals surface area contributed by atoms with Gasteiger partial charge in [0, 0.05) is 31.1 Å². The van der Waals surface area contributed by atoms with Crippen LogP contribution in [0, 0.1) is 11.7 Å². The zero-order valence-electron chi connectivity index (χ0n) is 14.0. The first kappa shape index (κ1) is 17.1. The van der Waals surface area contributed by atoms with E-state index in [2.05, 4.69) is 5.32 Å². The Kier molecular flexibility index (Phi) is 5.43. The van der Waals surface area contributed by atoms with Crippen LogP contribution >= 0.6 is 0 Å². The van der Waals surface area contributed by atoms with Crippen LogP contribution < -0.4 is 5.32 Å². The summed E-state index contributed by atoms with van der Waals surface area (Å²) in [7, 11) is 0. The molecule has 0 aliphatic carbocycles. The van der Waals surface area contributed by atoms with Crippen LogP contribution in [0.4, 0.5) is 9.18 Å². The van der Waals surface area contributed by atoms with Crippen molar-refractivity contribution in [3.05, 3.63) is 71.5 Å². The zero-order valence-corrected chi connectivity index (χ0v) is 14.0. The molecule has 1 aliphatic heterocycles. The van der Waals surface area contributed by atoms with Crippen LogP contribution in [0.5, 0.6) is 0 Å². The molecule has 5 heteroatoms. The van der Waals surface area contributed by atoms with Gasteiger partial charge in [0.25, 0.3) is 0 Å². The third-order valence-corrected chi connectivity index (χ3v) is 4.54. The second kappa shape index (κ2) is 7.92. The van der Waals surface area contributed by atoms with Crippen molar-refractivity contribution >= 4 is 11.8 Å². The van der Waals surface area contributed by atoms with Gasteiger partial charge in [0.05, 0.1) is 0 Å². The Labute approximate surface area is 146 Å². The number of benzene rings is 2. The molecule has 1 heterocycles. The average molecular weight is 340 g/mol. The number of rotatable bonds is 4. The predicted octanol–water partition coefficient (Wildman–Crippen LogP) is 3.63. The third-order valence-electron chi connectivity index (χ3n) is 4.54. The molecule has 0 atom stereocenters. The summed E-state index contributed by atoms with van der Waals surface area (Å²) in [6.07, 6.45) is 1.34. The minimum absolute atomic E-state index is 0.0327. The van der Waals surface area contributed by atoms with Gasteiger partial charge >= 0.3 is 6.03 Å². The number of hydrogen-bond acceptors (Lipinski definition) is 2. The zero-order chi connectivity index (χ0) is 17.6. The standard InChI is InChI=1S/C20H21FN2O2/c21-18-8-4-5-15(13-18)14-22-20(25)23-11-9-17(10-12-23)19(24)16-6-2-1-3-7-16/h1-8,13,17H,9-12,14H2,(H,22,25). The molecule has 1 N–H and O–H groups in total. The highest BCUT2D eigenvalue weighted by atomic mass is 19.1. The molecule has 0 spiro atoms. The van der Waals surface area contributed by atoms with E-state index in [9.17, 15) is 14.0 Å². The summed E-state index contributed by atoms with van der Waals surface area (Å²) >= 11 is 0. The molecule has 2 amide bonds. The van der Waals surface area contributed by atoms with E-state index in [1.54, 1.807) is 17.0 Å². The Bertz CT molecular complexity index is 740. The average Bonchev–Trinajstić information content (AvgIpc) is 2.66. The molecular weight excluding hydrogens is 319 g/mol. The van der Waals surface area contributed by atoms with Gasteiger partial charge in [0.2, 0.25) is 0 Å². The van der Waals surface area contributed by atoms with E-state index in [-0.39, 0.29) is 23.5 Å². The summed E-state index contributed by atoms with van der Waals surface area (Å²) in [6, 6.07) is 15.3. The van der Waals surface area contributed by atoms with Crippen molar-refractivity contribution in [3.8, 4) is 0 Å². The smallest absolute Gasteiger partial charge is 0.317 e. The molecule has 1 saturated heterocycles. The quantitative estimate of drug-likeness (QED) is 0.864. The number of carbonyl (C=O) groups excluding carboxylic acids is 2. The van der Waals surface area contributed by atoms with E-state index in [1.807, 2.05) is 30.3 Å². The molecule has 25 heavy (non-hydrogen) atoms. The molecule has 1 fully saturated rings. The van der Waals surface area contributed by atoms with Crippen LogP contribution in [0.25, 0.3) is 0 Å². The Morgan fingerprint density at radius 3 is 2.44 bits per heavy atom. The van der Waals surface area contributed by atoms with E-state index >= 15 is 0 Å². The first-order valence-corrected chi connectivity index (χ1v) is 8.50. The minimum atomic E-state index is -0.313. The van der Waals surface area contributed by atoms with Crippen LogP contribution in [0.15, 0.2) is 54.6 Å². The van der Waals surface area contributed by atoms with Gasteiger partial charge in [-0.1, -0.05) is 42.5 Å². The topological polar surface area (TPSA) is 49.4 Å². The number of likely N-dealkylation sites (tertiary alicyclic amines) is 1. The second-order valence-corrected chi connectivity index (χ2v) is 6.28. The van der Waals surface area contributed by atoms with Gasteiger partial charge in [0.1, 0.15) is 5.82 Å². The van der Waals surface area contributed by atoms with Crippen molar-refractivity contribution in [2.45, 2.75) is 19.4 Å². The number of amides is 2. The Morgan fingerprint density at radius 2 is 1.76 bits per heavy atom. The highest BCUT2D eigenvalue weighted by molar-refractivity contribution is 5.97. The Balaban J connectivity index is 1.48. The van der Waals surface area contributed by atoms with E-state index in [0.29, 0.717) is 32.5 Å². The lowest BCUT2D eigenvalue weighted by Gasteiger charge is -2.31. The molecule has 130 valence electrons. The van der Waals surface area contributed by atoms with Gasteiger partial charge in [-0.3, -0.25) is 4.79 Å². The largest absolute Gasteiger partial charge is 0.334 e. The van der Waals surface area contributed by atoms with E-state index in [1.165, 1.54) is 12.1 Å². The van der Waals surface area contributed by atoms with Gasteiger partial charge < -0.3 is 10.2 Å². The lowest BCUT2D eigenvalue weighted by Crippen LogP contribution is -2.45. The lowest BCUT2D eigenvalue weighted by atomic mass is 9.89. The maximum atomic E-state index is 13.1. The maximum absolute atomic E-state index is 13.1. The molecule has 0 aromatic heterocycles. The fourth-order valence-corrected chi connectivity index (χ4v) is 3.12. The van der Waals surface area contributed by atoms with Crippen LogP contribution in [-0.4, -0.2) is 29.8 Å². The van der Waals surface area contributed by atoms with Gasteiger partial charge in [-0.15, -0.1) is 0 Å². The molecule has 0 unspecified atom stereocenters. The predicted molar refractivity (Wildman–Crippen MR) is 93.7 cm³/mol. The Morgan fingerprint density at radius 1 is 1.04 bits per heavy atom. The van der Waals surface area contributed by atoms with Crippen molar-refractivity contribution in [2.24, 2.45) is 5.92 Å². The van der Waals surface area contributed by atoms with Gasteiger partial charge in [-0.25, -0.2) is 9.18 Å². The third kappa shape index (κ3) is 4.44. The van der Waals surface area contributed by atoms with E-state index in [4.69, 9.17) is 0 Å². The van der Waals surface area contributed by atoms with Crippen LogP contribution in [0.1, 0.15) is 28.8 Å². The number of hydrogen-bond donors (Lipinski definition) is 1. The molecule has 3 rings (SSSR count). The number of Topliss-reactive ketones (excluding diaryl/α,β-unsaturated/α-hetero) is 1. The fraction of sp³-hybridized carbons (Fsp3) is 0.300. The number of piperidine rings is 1. The van der Waals surface area contributed by atoms with Gasteiger partial charge in [0.15, 0.2) is 5.78 Å². The molecule has 2 aromatic rings. The van der Waals surface area contributed by atoms with Crippen molar-refractivity contribution in [2.75, 3.05) is 13.1 Å². The molecule has 0 radical (unpaired) electrons. The van der Waals surface area contributed by atoms with Crippen molar-refractivity contribution < 1.29 is 14.0 Å². The number of nitrogens with one attached hydrogen (secondary N) is 1. The monoisotopic (exact) mass is 340 g/mol. The number of ketones is 1.